The van der Waals surface area contributed by atoms with Crippen molar-refractivity contribution in [3.8, 4) is 0 Å². The Labute approximate surface area is 135 Å². The molecule has 3 aliphatic carbocycles. The number of amides is 1. The minimum absolute atomic E-state index is 0. The van der Waals surface area contributed by atoms with Crippen LogP contribution in [0.1, 0.15) is 64.7 Å². The predicted octanol–water partition coefficient (Wildman–Crippen LogP) is 3.26. The Morgan fingerprint density at radius 1 is 1.00 bits per heavy atom. The van der Waals surface area contributed by atoms with Crippen molar-refractivity contribution in [3.63, 3.8) is 0 Å². The molecule has 3 saturated carbocycles. The van der Waals surface area contributed by atoms with Crippen molar-refractivity contribution >= 4 is 18.3 Å². The highest BCUT2D eigenvalue weighted by Gasteiger charge is 2.41. The van der Waals surface area contributed by atoms with E-state index >= 15 is 0 Å². The Hall–Kier alpha value is -0.280. The van der Waals surface area contributed by atoms with E-state index in [1.54, 1.807) is 0 Å². The normalized spacial score (nSPS) is 42.8. The standard InChI is InChI=1S/C17H30N2O.ClH/c1-11-5-2-3-8-15(11)19-17(20)14-9-12-6-4-7-13(10-14)16(12)18;/h11-16H,2-10,18H2,1H3,(H,19,20);1H. The number of carbonyl (C=O) groups excluding carboxylic acids is 1. The number of fused-ring (bicyclic) bond motifs is 2. The molecule has 0 saturated heterocycles. The second kappa shape index (κ2) is 7.32. The van der Waals surface area contributed by atoms with Gasteiger partial charge in [0.15, 0.2) is 0 Å². The molecule has 0 heterocycles. The number of nitrogens with two attached hydrogens (primary N) is 1. The molecule has 3 rings (SSSR count). The van der Waals surface area contributed by atoms with Gasteiger partial charge >= 0.3 is 0 Å². The van der Waals surface area contributed by atoms with Gasteiger partial charge in [0.05, 0.1) is 0 Å². The summed E-state index contributed by atoms with van der Waals surface area (Å²) in [6, 6.07) is 0.785. The SMILES string of the molecule is CC1CCCCC1NC(=O)C1CC2CCCC(C1)C2N.Cl. The molecule has 122 valence electrons. The Bertz CT molecular complexity index is 349. The molecule has 3 nitrogen and oxygen atoms in total. The molecule has 21 heavy (non-hydrogen) atoms. The molecule has 0 aromatic rings. The van der Waals surface area contributed by atoms with Gasteiger partial charge in [0.1, 0.15) is 0 Å². The van der Waals surface area contributed by atoms with Crippen molar-refractivity contribution in [2.75, 3.05) is 0 Å². The molecule has 0 aliphatic heterocycles. The number of nitrogens with one attached hydrogen (secondary N) is 1. The van der Waals surface area contributed by atoms with E-state index in [4.69, 9.17) is 5.73 Å². The fourth-order valence-corrected chi connectivity index (χ4v) is 4.83. The molecule has 2 bridgehead atoms. The molecule has 4 unspecified atom stereocenters. The van der Waals surface area contributed by atoms with Gasteiger partial charge < -0.3 is 11.1 Å². The fraction of sp³-hybridized carbons (Fsp3) is 0.941. The molecule has 3 N–H and O–H groups in total. The Balaban J connectivity index is 0.00000161. The maximum absolute atomic E-state index is 12.6. The molecular formula is C17H31ClN2O. The molecule has 0 radical (unpaired) electrons. The zero-order valence-corrected chi connectivity index (χ0v) is 14.0. The van der Waals surface area contributed by atoms with E-state index in [0.29, 0.717) is 35.7 Å². The van der Waals surface area contributed by atoms with Crippen molar-refractivity contribution in [1.82, 2.24) is 5.32 Å². The van der Waals surface area contributed by atoms with Crippen LogP contribution >= 0.6 is 12.4 Å². The van der Waals surface area contributed by atoms with Crippen molar-refractivity contribution < 1.29 is 4.79 Å². The second-order valence-corrected chi connectivity index (χ2v) is 7.57. The van der Waals surface area contributed by atoms with Gasteiger partial charge in [-0.25, -0.2) is 0 Å². The summed E-state index contributed by atoms with van der Waals surface area (Å²) in [7, 11) is 0. The van der Waals surface area contributed by atoms with E-state index < -0.39 is 0 Å². The number of halogens is 1. The maximum atomic E-state index is 12.6. The van der Waals surface area contributed by atoms with Gasteiger partial charge in [-0.15, -0.1) is 12.4 Å². The summed E-state index contributed by atoms with van der Waals surface area (Å²) < 4.78 is 0. The summed E-state index contributed by atoms with van der Waals surface area (Å²) >= 11 is 0. The fourth-order valence-electron chi connectivity index (χ4n) is 4.83. The summed E-state index contributed by atoms with van der Waals surface area (Å²) in [4.78, 5) is 12.6. The summed E-state index contributed by atoms with van der Waals surface area (Å²) in [5.74, 6) is 2.41. The van der Waals surface area contributed by atoms with Crippen LogP contribution in [0.3, 0.4) is 0 Å². The molecule has 1 amide bonds. The van der Waals surface area contributed by atoms with Crippen molar-refractivity contribution in [2.24, 2.45) is 29.4 Å². The molecule has 0 aromatic heterocycles. The number of rotatable bonds is 2. The Morgan fingerprint density at radius 3 is 2.24 bits per heavy atom. The van der Waals surface area contributed by atoms with E-state index in [-0.39, 0.29) is 18.3 Å². The first-order valence-corrected chi connectivity index (χ1v) is 8.71. The Kier molecular flexibility index (Phi) is 5.96. The smallest absolute Gasteiger partial charge is 0.223 e. The lowest BCUT2D eigenvalue weighted by Crippen LogP contribution is -2.51. The average Bonchev–Trinajstić information content (AvgIpc) is 2.41. The van der Waals surface area contributed by atoms with Crippen molar-refractivity contribution in [3.05, 3.63) is 0 Å². The van der Waals surface area contributed by atoms with Gasteiger partial charge in [-0.2, -0.15) is 0 Å². The van der Waals surface area contributed by atoms with Crippen LogP contribution < -0.4 is 11.1 Å². The first-order valence-electron chi connectivity index (χ1n) is 8.71. The highest BCUT2D eigenvalue weighted by Crippen LogP contribution is 2.42. The second-order valence-electron chi connectivity index (χ2n) is 7.57. The highest BCUT2D eigenvalue weighted by atomic mass is 35.5. The van der Waals surface area contributed by atoms with E-state index in [9.17, 15) is 4.79 Å². The molecule has 4 heteroatoms. The lowest BCUT2D eigenvalue weighted by atomic mass is 9.65. The molecular weight excluding hydrogens is 284 g/mol. The summed E-state index contributed by atoms with van der Waals surface area (Å²) in [6.45, 7) is 2.29. The van der Waals surface area contributed by atoms with Crippen molar-refractivity contribution in [1.29, 1.82) is 0 Å². The van der Waals surface area contributed by atoms with Crippen LogP contribution in [0.5, 0.6) is 0 Å². The van der Waals surface area contributed by atoms with Crippen LogP contribution in [-0.2, 0) is 4.79 Å². The predicted molar refractivity (Wildman–Crippen MR) is 88.3 cm³/mol. The topological polar surface area (TPSA) is 55.1 Å². The molecule has 3 fully saturated rings. The average molecular weight is 315 g/mol. The first kappa shape index (κ1) is 17.1. The van der Waals surface area contributed by atoms with Crippen LogP contribution in [0.4, 0.5) is 0 Å². The van der Waals surface area contributed by atoms with Gasteiger partial charge in [-0.1, -0.05) is 26.2 Å². The lowest BCUT2D eigenvalue weighted by molar-refractivity contribution is -0.129. The minimum atomic E-state index is 0. The third-order valence-corrected chi connectivity index (χ3v) is 6.22. The van der Waals surface area contributed by atoms with Crippen LogP contribution in [0, 0.1) is 23.7 Å². The van der Waals surface area contributed by atoms with Gasteiger partial charge in [0, 0.05) is 18.0 Å². The van der Waals surface area contributed by atoms with Gasteiger partial charge in [0.2, 0.25) is 5.91 Å². The lowest BCUT2D eigenvalue weighted by Gasteiger charge is -2.44. The summed E-state index contributed by atoms with van der Waals surface area (Å²) in [6.07, 6.45) is 10.9. The summed E-state index contributed by atoms with van der Waals surface area (Å²) in [5.41, 5.74) is 6.32. The van der Waals surface area contributed by atoms with Gasteiger partial charge in [0.25, 0.3) is 0 Å². The molecule has 4 atom stereocenters. The van der Waals surface area contributed by atoms with Crippen molar-refractivity contribution in [2.45, 2.75) is 76.8 Å². The van der Waals surface area contributed by atoms with E-state index in [1.807, 2.05) is 0 Å². The number of hydrogen-bond donors (Lipinski definition) is 2. The van der Waals surface area contributed by atoms with Crippen LogP contribution in [0.25, 0.3) is 0 Å². The largest absolute Gasteiger partial charge is 0.353 e. The molecule has 0 aromatic carbocycles. The zero-order chi connectivity index (χ0) is 14.1. The van der Waals surface area contributed by atoms with Crippen LogP contribution in [-0.4, -0.2) is 18.0 Å². The third-order valence-electron chi connectivity index (χ3n) is 6.22. The van der Waals surface area contributed by atoms with Gasteiger partial charge in [-0.3, -0.25) is 4.79 Å². The highest BCUT2D eigenvalue weighted by molar-refractivity contribution is 5.85. The van der Waals surface area contributed by atoms with Gasteiger partial charge in [-0.05, 0) is 56.3 Å². The Morgan fingerprint density at radius 2 is 1.62 bits per heavy atom. The number of carbonyl (C=O) groups is 1. The first-order chi connectivity index (χ1) is 9.65. The quantitative estimate of drug-likeness (QED) is 0.822. The summed E-state index contributed by atoms with van der Waals surface area (Å²) in [5, 5.41) is 3.36. The van der Waals surface area contributed by atoms with Crippen LogP contribution in [0.15, 0.2) is 0 Å². The van der Waals surface area contributed by atoms with Crippen LogP contribution in [0.2, 0.25) is 0 Å². The zero-order valence-electron chi connectivity index (χ0n) is 13.2. The van der Waals surface area contributed by atoms with E-state index in [0.717, 1.165) is 12.8 Å². The molecule has 0 spiro atoms. The van der Waals surface area contributed by atoms with E-state index in [1.165, 1.54) is 44.9 Å². The molecule has 3 aliphatic rings. The van der Waals surface area contributed by atoms with E-state index in [2.05, 4.69) is 12.2 Å². The maximum Gasteiger partial charge on any atom is 0.223 e. The minimum Gasteiger partial charge on any atom is -0.353 e. The monoisotopic (exact) mass is 314 g/mol. The number of hydrogen-bond acceptors (Lipinski definition) is 2. The third kappa shape index (κ3) is 3.73.